The van der Waals surface area contributed by atoms with Crippen LogP contribution in [0.5, 0.6) is 0 Å². The minimum absolute atomic E-state index is 0.0326. The predicted octanol–water partition coefficient (Wildman–Crippen LogP) is 3.32. The van der Waals surface area contributed by atoms with Gasteiger partial charge in [0.1, 0.15) is 17.3 Å². The van der Waals surface area contributed by atoms with Gasteiger partial charge in [-0.2, -0.15) is 0 Å². The third-order valence-electron chi connectivity index (χ3n) is 3.26. The fourth-order valence-corrected chi connectivity index (χ4v) is 2.49. The fraction of sp³-hybridized carbons (Fsp3) is 0.538. The lowest BCUT2D eigenvalue weighted by Crippen LogP contribution is -2.40. The SMILES string of the molecule is COC1CCCN(c2c(F)cc(CCl)cc2F)C1. The van der Waals surface area contributed by atoms with Crippen LogP contribution in [0, 0.1) is 11.6 Å². The molecule has 0 amide bonds. The Kier molecular flexibility index (Phi) is 4.40. The van der Waals surface area contributed by atoms with Crippen molar-refractivity contribution < 1.29 is 13.5 Å². The third-order valence-corrected chi connectivity index (χ3v) is 3.57. The number of piperidine rings is 1. The van der Waals surface area contributed by atoms with Crippen LogP contribution >= 0.6 is 11.6 Å². The van der Waals surface area contributed by atoms with Gasteiger partial charge in [0.25, 0.3) is 0 Å². The number of rotatable bonds is 3. The van der Waals surface area contributed by atoms with E-state index in [0.29, 0.717) is 18.7 Å². The third kappa shape index (κ3) is 2.75. The van der Waals surface area contributed by atoms with Crippen LogP contribution in [-0.2, 0) is 10.6 Å². The van der Waals surface area contributed by atoms with E-state index in [4.69, 9.17) is 16.3 Å². The summed E-state index contributed by atoms with van der Waals surface area (Å²) < 4.78 is 33.1. The molecule has 0 radical (unpaired) electrons. The zero-order valence-electron chi connectivity index (χ0n) is 10.3. The summed E-state index contributed by atoms with van der Waals surface area (Å²) in [5, 5.41) is 0. The van der Waals surface area contributed by atoms with Crippen molar-refractivity contribution in [2.24, 2.45) is 0 Å². The van der Waals surface area contributed by atoms with Crippen molar-refractivity contribution in [3.8, 4) is 0 Å². The van der Waals surface area contributed by atoms with E-state index in [-0.39, 0.29) is 17.7 Å². The first-order chi connectivity index (χ1) is 8.65. The molecule has 5 heteroatoms. The summed E-state index contributed by atoms with van der Waals surface area (Å²) in [5.74, 6) is -1.00. The van der Waals surface area contributed by atoms with Crippen molar-refractivity contribution in [1.29, 1.82) is 0 Å². The second kappa shape index (κ2) is 5.85. The molecule has 18 heavy (non-hydrogen) atoms. The summed E-state index contributed by atoms with van der Waals surface area (Å²) in [6.45, 7) is 1.17. The Morgan fingerprint density at radius 3 is 2.61 bits per heavy atom. The molecule has 1 aromatic rings. The van der Waals surface area contributed by atoms with E-state index in [1.807, 2.05) is 0 Å². The van der Waals surface area contributed by atoms with Crippen LogP contribution in [0.15, 0.2) is 12.1 Å². The van der Waals surface area contributed by atoms with Gasteiger partial charge >= 0.3 is 0 Å². The summed E-state index contributed by atoms with van der Waals surface area (Å²) in [6.07, 6.45) is 1.83. The summed E-state index contributed by atoms with van der Waals surface area (Å²) >= 11 is 5.59. The van der Waals surface area contributed by atoms with Crippen LogP contribution in [0.4, 0.5) is 14.5 Å². The van der Waals surface area contributed by atoms with E-state index in [0.717, 1.165) is 12.8 Å². The van der Waals surface area contributed by atoms with Gasteiger partial charge < -0.3 is 9.64 Å². The normalized spacial score (nSPS) is 20.2. The average molecular weight is 276 g/mol. The van der Waals surface area contributed by atoms with Gasteiger partial charge in [0.05, 0.1) is 6.10 Å². The molecule has 0 N–H and O–H groups in total. The minimum Gasteiger partial charge on any atom is -0.380 e. The Labute approximate surface area is 110 Å². The van der Waals surface area contributed by atoms with E-state index in [2.05, 4.69) is 0 Å². The Balaban J connectivity index is 2.27. The van der Waals surface area contributed by atoms with Gasteiger partial charge in [-0.25, -0.2) is 8.78 Å². The van der Waals surface area contributed by atoms with Crippen molar-refractivity contribution in [2.45, 2.75) is 24.8 Å². The Bertz CT molecular complexity index is 404. The van der Waals surface area contributed by atoms with E-state index >= 15 is 0 Å². The van der Waals surface area contributed by atoms with Crippen molar-refractivity contribution in [3.63, 3.8) is 0 Å². The molecule has 1 saturated heterocycles. The first-order valence-corrected chi connectivity index (χ1v) is 6.50. The lowest BCUT2D eigenvalue weighted by Gasteiger charge is -2.34. The van der Waals surface area contributed by atoms with Crippen molar-refractivity contribution in [1.82, 2.24) is 0 Å². The van der Waals surface area contributed by atoms with E-state index in [1.54, 1.807) is 12.0 Å². The maximum atomic E-state index is 13.9. The molecule has 0 spiro atoms. The van der Waals surface area contributed by atoms with Crippen LogP contribution in [0.2, 0.25) is 0 Å². The molecule has 1 atom stereocenters. The van der Waals surface area contributed by atoms with Crippen LogP contribution in [0.3, 0.4) is 0 Å². The van der Waals surface area contributed by atoms with Gasteiger partial charge in [-0.1, -0.05) is 0 Å². The molecule has 2 rings (SSSR count). The molecule has 100 valence electrons. The molecule has 0 aromatic heterocycles. The topological polar surface area (TPSA) is 12.5 Å². The number of ether oxygens (including phenoxy) is 1. The lowest BCUT2D eigenvalue weighted by atomic mass is 10.1. The van der Waals surface area contributed by atoms with Gasteiger partial charge in [0.15, 0.2) is 0 Å². The van der Waals surface area contributed by atoms with E-state index in [9.17, 15) is 8.78 Å². The highest BCUT2D eigenvalue weighted by Gasteiger charge is 2.24. The van der Waals surface area contributed by atoms with Crippen molar-refractivity contribution >= 4 is 17.3 Å². The number of nitrogens with zero attached hydrogens (tertiary/aromatic N) is 1. The Hall–Kier alpha value is -0.870. The zero-order chi connectivity index (χ0) is 13.1. The van der Waals surface area contributed by atoms with Crippen molar-refractivity contribution in [2.75, 3.05) is 25.1 Å². The second-order valence-electron chi connectivity index (χ2n) is 4.49. The first-order valence-electron chi connectivity index (χ1n) is 5.97. The average Bonchev–Trinajstić information content (AvgIpc) is 2.38. The molecule has 1 fully saturated rings. The summed E-state index contributed by atoms with van der Waals surface area (Å²) in [7, 11) is 1.62. The second-order valence-corrected chi connectivity index (χ2v) is 4.75. The molecular weight excluding hydrogens is 260 g/mol. The van der Waals surface area contributed by atoms with Crippen LogP contribution in [0.25, 0.3) is 0 Å². The summed E-state index contributed by atoms with van der Waals surface area (Å²) in [4.78, 5) is 1.71. The maximum absolute atomic E-state index is 13.9. The number of methoxy groups -OCH3 is 1. The van der Waals surface area contributed by atoms with Crippen LogP contribution in [-0.4, -0.2) is 26.3 Å². The number of halogens is 3. The number of hydrogen-bond donors (Lipinski definition) is 0. The summed E-state index contributed by atoms with van der Waals surface area (Å²) in [6, 6.07) is 2.59. The highest BCUT2D eigenvalue weighted by atomic mass is 35.5. The maximum Gasteiger partial charge on any atom is 0.149 e. The molecular formula is C13H16ClF2NO. The molecule has 2 nitrogen and oxygen atoms in total. The van der Waals surface area contributed by atoms with Gasteiger partial charge in [-0.05, 0) is 30.5 Å². The molecule has 0 aliphatic carbocycles. The lowest BCUT2D eigenvalue weighted by molar-refractivity contribution is 0.0890. The predicted molar refractivity (Wildman–Crippen MR) is 68.2 cm³/mol. The largest absolute Gasteiger partial charge is 0.380 e. The zero-order valence-corrected chi connectivity index (χ0v) is 11.0. The molecule has 0 saturated carbocycles. The molecule has 1 aromatic carbocycles. The monoisotopic (exact) mass is 275 g/mol. The molecule has 1 aliphatic heterocycles. The Morgan fingerprint density at radius 2 is 2.06 bits per heavy atom. The van der Waals surface area contributed by atoms with Crippen LogP contribution < -0.4 is 4.90 Å². The van der Waals surface area contributed by atoms with Gasteiger partial charge in [0, 0.05) is 26.1 Å². The molecule has 1 aliphatic rings. The quantitative estimate of drug-likeness (QED) is 0.785. The number of benzene rings is 1. The smallest absolute Gasteiger partial charge is 0.149 e. The van der Waals surface area contributed by atoms with Gasteiger partial charge in [-0.3, -0.25) is 0 Å². The highest BCUT2D eigenvalue weighted by Crippen LogP contribution is 2.28. The number of alkyl halides is 1. The molecule has 0 bridgehead atoms. The fourth-order valence-electron chi connectivity index (χ4n) is 2.33. The summed E-state index contributed by atoms with van der Waals surface area (Å²) in [5.41, 5.74) is 0.487. The van der Waals surface area contributed by atoms with Gasteiger partial charge in [0.2, 0.25) is 0 Å². The highest BCUT2D eigenvalue weighted by molar-refractivity contribution is 6.17. The Morgan fingerprint density at radius 1 is 1.39 bits per heavy atom. The first kappa shape index (κ1) is 13.6. The molecule has 1 unspecified atom stereocenters. The van der Waals surface area contributed by atoms with Gasteiger partial charge in [-0.15, -0.1) is 11.6 Å². The molecule has 1 heterocycles. The standard InChI is InChI=1S/C13H16ClF2NO/c1-18-10-3-2-4-17(8-10)13-11(15)5-9(7-14)6-12(13)16/h5-6,10H,2-4,7-8H2,1H3. The van der Waals surface area contributed by atoms with Crippen LogP contribution in [0.1, 0.15) is 18.4 Å². The van der Waals surface area contributed by atoms with E-state index in [1.165, 1.54) is 12.1 Å². The van der Waals surface area contributed by atoms with Crippen molar-refractivity contribution in [3.05, 3.63) is 29.3 Å². The number of hydrogen-bond acceptors (Lipinski definition) is 2. The van der Waals surface area contributed by atoms with E-state index < -0.39 is 11.6 Å². The number of anilines is 1. The minimum atomic E-state index is -0.553.